The summed E-state index contributed by atoms with van der Waals surface area (Å²) in [6.07, 6.45) is 0.359. The molecule has 1 fully saturated rings. The minimum Gasteiger partial charge on any atom is -0.393 e. The summed E-state index contributed by atoms with van der Waals surface area (Å²) in [6.45, 7) is 0.245. The van der Waals surface area contributed by atoms with Gasteiger partial charge in [0.25, 0.3) is 0 Å². The van der Waals surface area contributed by atoms with Crippen LogP contribution < -0.4 is 10.7 Å². The second-order valence-corrected chi connectivity index (χ2v) is 6.33. The molecule has 0 saturated carbocycles. The standard InChI is InChI=1S/C13H18FN5O2S2/c14-13(7-20)3-5-19(6-4-13)8-1-2-9(22)11(23-21)10(8)12(15)17-18-16/h1-2,20-22H,3-7H2,(H3,15,16,17). The zero-order valence-corrected chi connectivity index (χ0v) is 13.9. The molecule has 0 aliphatic carbocycles. The molecule has 0 bridgehead atoms. The Kier molecular flexibility index (Phi) is 5.84. The first kappa shape index (κ1) is 18.0. The lowest BCUT2D eigenvalue weighted by molar-refractivity contribution is 0.0481. The molecule has 5 N–H and O–H groups in total. The average molecular weight is 359 g/mol. The van der Waals surface area contributed by atoms with E-state index in [0.29, 0.717) is 46.2 Å². The van der Waals surface area contributed by atoms with Crippen LogP contribution in [0.15, 0.2) is 32.3 Å². The number of anilines is 1. The molecule has 1 aliphatic heterocycles. The molecule has 1 aliphatic rings. The van der Waals surface area contributed by atoms with Gasteiger partial charge in [0.05, 0.1) is 17.1 Å². The van der Waals surface area contributed by atoms with Gasteiger partial charge in [0, 0.05) is 48.6 Å². The molecule has 0 unspecified atom stereocenters. The monoisotopic (exact) mass is 359 g/mol. The molecule has 0 spiro atoms. The number of thiol groups is 1. The SMILES string of the molecule is N=C(N=NN)c1c(N2CCC(F)(CO)CC2)ccc(S)c1SO. The number of piperidine rings is 1. The minimum absolute atomic E-state index is 0.179. The van der Waals surface area contributed by atoms with Crippen molar-refractivity contribution < 1.29 is 14.0 Å². The first-order chi connectivity index (χ1) is 11.0. The highest BCUT2D eigenvalue weighted by Gasteiger charge is 2.35. The highest BCUT2D eigenvalue weighted by molar-refractivity contribution is 7.94. The van der Waals surface area contributed by atoms with E-state index in [-0.39, 0.29) is 18.7 Å². The number of aliphatic hydroxyl groups is 1. The number of nitrogens with one attached hydrogen (secondary N) is 1. The van der Waals surface area contributed by atoms with E-state index >= 15 is 0 Å². The molecule has 0 radical (unpaired) electrons. The van der Waals surface area contributed by atoms with Crippen molar-refractivity contribution in [2.45, 2.75) is 28.3 Å². The lowest BCUT2D eigenvalue weighted by atomic mass is 9.93. The van der Waals surface area contributed by atoms with Gasteiger partial charge >= 0.3 is 0 Å². The van der Waals surface area contributed by atoms with Gasteiger partial charge in [-0.25, -0.2) is 4.39 Å². The summed E-state index contributed by atoms with van der Waals surface area (Å²) in [4.78, 5) is 2.74. The number of nitrogens with two attached hydrogens (primary N) is 1. The Balaban J connectivity index is 2.41. The van der Waals surface area contributed by atoms with Crippen molar-refractivity contribution in [3.63, 3.8) is 0 Å². The average Bonchev–Trinajstić information content (AvgIpc) is 2.55. The van der Waals surface area contributed by atoms with Crippen LogP contribution in [0.3, 0.4) is 0 Å². The largest absolute Gasteiger partial charge is 0.393 e. The van der Waals surface area contributed by atoms with Gasteiger partial charge in [-0.05, 0) is 12.1 Å². The molecule has 1 aromatic rings. The highest BCUT2D eigenvalue weighted by atomic mass is 32.2. The van der Waals surface area contributed by atoms with Gasteiger partial charge in [-0.15, -0.1) is 17.7 Å². The van der Waals surface area contributed by atoms with Gasteiger partial charge in [-0.2, -0.15) is 0 Å². The van der Waals surface area contributed by atoms with Crippen molar-refractivity contribution >= 4 is 36.2 Å². The Morgan fingerprint density at radius 3 is 2.65 bits per heavy atom. The summed E-state index contributed by atoms with van der Waals surface area (Å²) < 4.78 is 23.7. The second kappa shape index (κ2) is 7.47. The number of hydrogen-bond donors (Lipinski definition) is 5. The summed E-state index contributed by atoms with van der Waals surface area (Å²) in [5.74, 6) is 4.80. The lowest BCUT2D eigenvalue weighted by Gasteiger charge is -2.37. The third-order valence-electron chi connectivity index (χ3n) is 3.88. The molecule has 7 nitrogen and oxygen atoms in total. The third kappa shape index (κ3) is 3.77. The van der Waals surface area contributed by atoms with Crippen LogP contribution in [0, 0.1) is 5.41 Å². The molecule has 0 atom stereocenters. The van der Waals surface area contributed by atoms with Crippen LogP contribution in [0.2, 0.25) is 0 Å². The summed E-state index contributed by atoms with van der Waals surface area (Å²) in [7, 11) is 0. The number of aliphatic hydroxyl groups excluding tert-OH is 1. The zero-order chi connectivity index (χ0) is 17.0. The van der Waals surface area contributed by atoms with Crippen molar-refractivity contribution in [3.05, 3.63) is 17.7 Å². The number of benzene rings is 1. The quantitative estimate of drug-likeness (QED) is 0.108. The number of halogens is 1. The van der Waals surface area contributed by atoms with Crippen LogP contribution in [0.25, 0.3) is 0 Å². The summed E-state index contributed by atoms with van der Waals surface area (Å²) in [5.41, 5.74) is -0.606. The summed E-state index contributed by atoms with van der Waals surface area (Å²) in [5, 5.41) is 23.8. The Morgan fingerprint density at radius 2 is 2.13 bits per heavy atom. The molecule has 0 amide bonds. The van der Waals surface area contributed by atoms with Gasteiger partial charge < -0.3 is 20.4 Å². The molecule has 0 aromatic heterocycles. The van der Waals surface area contributed by atoms with Crippen molar-refractivity contribution in [2.75, 3.05) is 24.6 Å². The molecule has 23 heavy (non-hydrogen) atoms. The fraction of sp³-hybridized carbons (Fsp3) is 0.462. The van der Waals surface area contributed by atoms with E-state index in [2.05, 4.69) is 23.0 Å². The number of hydrogen-bond acceptors (Lipinski definition) is 7. The lowest BCUT2D eigenvalue weighted by Crippen LogP contribution is -2.44. The summed E-state index contributed by atoms with van der Waals surface area (Å²) in [6, 6.07) is 3.43. The Morgan fingerprint density at radius 1 is 1.48 bits per heavy atom. The van der Waals surface area contributed by atoms with E-state index in [1.54, 1.807) is 12.1 Å². The van der Waals surface area contributed by atoms with Crippen molar-refractivity contribution in [2.24, 2.45) is 16.2 Å². The predicted octanol–water partition coefficient (Wildman–Crippen LogP) is 2.49. The van der Waals surface area contributed by atoms with Crippen LogP contribution in [0.4, 0.5) is 10.1 Å². The summed E-state index contributed by atoms with van der Waals surface area (Å²) >= 11 is 4.73. The van der Waals surface area contributed by atoms with Gasteiger partial charge in [0.1, 0.15) is 5.67 Å². The van der Waals surface area contributed by atoms with Crippen LogP contribution in [-0.2, 0) is 0 Å². The number of nitrogens with zero attached hydrogens (tertiary/aromatic N) is 3. The van der Waals surface area contributed by atoms with E-state index < -0.39 is 12.3 Å². The first-order valence-corrected chi connectivity index (χ1v) is 8.10. The first-order valence-electron chi connectivity index (χ1n) is 6.87. The van der Waals surface area contributed by atoms with Gasteiger partial charge in [-0.1, -0.05) is 5.22 Å². The van der Waals surface area contributed by atoms with Crippen molar-refractivity contribution in [3.8, 4) is 0 Å². The van der Waals surface area contributed by atoms with Gasteiger partial charge in [0.2, 0.25) is 0 Å². The van der Waals surface area contributed by atoms with Crippen LogP contribution in [0.1, 0.15) is 18.4 Å². The van der Waals surface area contributed by atoms with E-state index in [0.717, 1.165) is 0 Å². The number of rotatable bonds is 4. The van der Waals surface area contributed by atoms with Gasteiger partial charge in [-0.3, -0.25) is 5.41 Å². The molecule has 126 valence electrons. The molecule has 2 rings (SSSR count). The fourth-order valence-electron chi connectivity index (χ4n) is 2.56. The molecular weight excluding hydrogens is 341 g/mol. The Bertz CT molecular complexity index is 621. The Labute approximate surface area is 142 Å². The maximum atomic E-state index is 14.2. The van der Waals surface area contributed by atoms with E-state index in [4.69, 9.17) is 16.4 Å². The van der Waals surface area contributed by atoms with Crippen molar-refractivity contribution in [1.29, 1.82) is 5.41 Å². The minimum atomic E-state index is -1.57. The molecule has 10 heteroatoms. The second-order valence-electron chi connectivity index (χ2n) is 5.26. The third-order valence-corrected chi connectivity index (χ3v) is 5.01. The highest BCUT2D eigenvalue weighted by Crippen LogP contribution is 2.37. The van der Waals surface area contributed by atoms with Crippen LogP contribution >= 0.6 is 24.7 Å². The molecule has 1 saturated heterocycles. The smallest absolute Gasteiger partial charge is 0.179 e. The normalized spacial score (nSPS) is 17.7. The van der Waals surface area contributed by atoms with Gasteiger partial charge in [0.15, 0.2) is 5.84 Å². The number of alkyl halides is 1. The molecular formula is C13H18FN5O2S2. The van der Waals surface area contributed by atoms with Crippen LogP contribution in [-0.4, -0.2) is 40.9 Å². The molecule has 1 heterocycles. The Hall–Kier alpha value is -1.36. The van der Waals surface area contributed by atoms with E-state index in [9.17, 15) is 8.94 Å². The predicted molar refractivity (Wildman–Crippen MR) is 90.4 cm³/mol. The van der Waals surface area contributed by atoms with Crippen LogP contribution in [0.5, 0.6) is 0 Å². The van der Waals surface area contributed by atoms with E-state index in [1.165, 1.54) is 0 Å². The maximum absolute atomic E-state index is 14.2. The zero-order valence-electron chi connectivity index (χ0n) is 12.2. The fourth-order valence-corrected chi connectivity index (χ4v) is 3.32. The maximum Gasteiger partial charge on any atom is 0.179 e. The van der Waals surface area contributed by atoms with E-state index in [1.807, 2.05) is 4.90 Å². The van der Waals surface area contributed by atoms with Crippen molar-refractivity contribution in [1.82, 2.24) is 0 Å². The topological polar surface area (TPSA) is 118 Å². The molecule has 1 aromatic carbocycles. The number of amidine groups is 1.